The summed E-state index contributed by atoms with van der Waals surface area (Å²) in [7, 11) is 0. The van der Waals surface area contributed by atoms with Crippen molar-refractivity contribution in [3.05, 3.63) is 47.3 Å². The van der Waals surface area contributed by atoms with Crippen molar-refractivity contribution < 1.29 is 19.2 Å². The third-order valence-electron chi connectivity index (χ3n) is 3.99. The van der Waals surface area contributed by atoms with Gasteiger partial charge in [-0.3, -0.25) is 4.79 Å². The molecule has 0 bridgehead atoms. The second kappa shape index (κ2) is 6.72. The van der Waals surface area contributed by atoms with Crippen LogP contribution >= 0.6 is 0 Å². The van der Waals surface area contributed by atoms with E-state index in [0.29, 0.717) is 30.2 Å². The highest BCUT2D eigenvalue weighted by molar-refractivity contribution is 5.81. The Morgan fingerprint density at radius 2 is 2.21 bits per heavy atom. The lowest BCUT2D eigenvalue weighted by molar-refractivity contribution is -0.142. The second-order valence-corrected chi connectivity index (χ2v) is 5.71. The predicted molar refractivity (Wildman–Crippen MR) is 83.0 cm³/mol. The highest BCUT2D eigenvalue weighted by Gasteiger charge is 2.36. The minimum Gasteiger partial charge on any atom is -0.481 e. The zero-order valence-corrected chi connectivity index (χ0v) is 13.2. The van der Waals surface area contributed by atoms with E-state index in [-0.39, 0.29) is 18.4 Å². The number of carbonyl (C=O) groups is 1. The molecule has 2 heterocycles. The summed E-state index contributed by atoms with van der Waals surface area (Å²) >= 11 is 0. The van der Waals surface area contributed by atoms with Crippen molar-refractivity contribution in [3.63, 3.8) is 0 Å². The first-order valence-corrected chi connectivity index (χ1v) is 7.62. The molecule has 1 aromatic heterocycles. The van der Waals surface area contributed by atoms with Crippen LogP contribution in [0.4, 0.5) is 0 Å². The van der Waals surface area contributed by atoms with Gasteiger partial charge in [-0.1, -0.05) is 5.16 Å². The third-order valence-corrected chi connectivity index (χ3v) is 3.99. The van der Waals surface area contributed by atoms with Crippen molar-refractivity contribution >= 4 is 5.91 Å². The van der Waals surface area contributed by atoms with Gasteiger partial charge in [0.05, 0.1) is 17.3 Å². The molecular weight excluding hydrogens is 310 g/mol. The molecule has 7 heteroatoms. The zero-order valence-electron chi connectivity index (χ0n) is 13.2. The first-order chi connectivity index (χ1) is 11.6. The lowest BCUT2D eigenvalue weighted by atomic mass is 9.95. The monoisotopic (exact) mass is 327 g/mol. The summed E-state index contributed by atoms with van der Waals surface area (Å²) in [5, 5.41) is 21.6. The van der Waals surface area contributed by atoms with Crippen LogP contribution in [0.1, 0.15) is 29.9 Å². The first kappa shape index (κ1) is 16.0. The molecule has 7 nitrogen and oxygen atoms in total. The fourth-order valence-electron chi connectivity index (χ4n) is 2.56. The molecule has 1 N–H and O–H groups in total. The fourth-order valence-corrected chi connectivity index (χ4v) is 2.56. The van der Waals surface area contributed by atoms with E-state index in [0.717, 1.165) is 5.69 Å². The van der Waals surface area contributed by atoms with E-state index in [1.165, 1.54) is 0 Å². The average molecular weight is 327 g/mol. The molecule has 1 aliphatic heterocycles. The zero-order chi connectivity index (χ0) is 17.1. The number of ether oxygens (including phenoxy) is 1. The maximum atomic E-state index is 12.4. The van der Waals surface area contributed by atoms with Crippen LogP contribution < -0.4 is 4.74 Å². The van der Waals surface area contributed by atoms with Crippen LogP contribution in [0.5, 0.6) is 5.75 Å². The molecule has 1 aliphatic rings. The molecule has 3 rings (SSSR count). The number of nitriles is 1. The lowest BCUT2D eigenvalue weighted by Crippen LogP contribution is -2.52. The summed E-state index contributed by atoms with van der Waals surface area (Å²) in [6.45, 7) is 2.63. The smallest absolute Gasteiger partial charge is 0.263 e. The molecule has 1 unspecified atom stereocenters. The number of rotatable bonds is 5. The van der Waals surface area contributed by atoms with Crippen molar-refractivity contribution in [1.29, 1.82) is 5.26 Å². The van der Waals surface area contributed by atoms with Crippen molar-refractivity contribution in [2.75, 3.05) is 13.1 Å². The number of likely N-dealkylation sites (tertiary alicyclic amines) is 1. The van der Waals surface area contributed by atoms with Gasteiger partial charge in [-0.15, -0.1) is 0 Å². The van der Waals surface area contributed by atoms with Gasteiger partial charge in [0, 0.05) is 25.1 Å². The van der Waals surface area contributed by atoms with Gasteiger partial charge in [-0.05, 0) is 31.2 Å². The number of carbonyl (C=O) groups excluding carboxylic acids is 1. The molecule has 0 saturated carbocycles. The Morgan fingerprint density at radius 1 is 1.50 bits per heavy atom. The number of hydrogen-bond acceptors (Lipinski definition) is 6. The normalized spacial score (nSPS) is 15.5. The van der Waals surface area contributed by atoms with E-state index in [1.54, 1.807) is 42.2 Å². The van der Waals surface area contributed by atoms with Crippen molar-refractivity contribution in [2.24, 2.45) is 0 Å². The van der Waals surface area contributed by atoms with Gasteiger partial charge < -0.3 is 19.3 Å². The van der Waals surface area contributed by atoms with Gasteiger partial charge in [0.2, 0.25) is 0 Å². The van der Waals surface area contributed by atoms with Gasteiger partial charge in [-0.25, -0.2) is 0 Å². The maximum absolute atomic E-state index is 12.4. The van der Waals surface area contributed by atoms with Crippen molar-refractivity contribution in [2.45, 2.75) is 25.6 Å². The molecule has 1 fully saturated rings. The topological polar surface area (TPSA) is 99.6 Å². The van der Waals surface area contributed by atoms with E-state index in [9.17, 15) is 4.79 Å². The fraction of sp³-hybridized carbons (Fsp3) is 0.353. The molecular formula is C17H17N3O4. The molecule has 0 radical (unpaired) electrons. The summed E-state index contributed by atoms with van der Waals surface area (Å²) < 4.78 is 10.6. The average Bonchev–Trinajstić information content (AvgIpc) is 3.02. The number of amides is 1. The summed E-state index contributed by atoms with van der Waals surface area (Å²) in [6, 6.07) is 10.4. The summed E-state index contributed by atoms with van der Waals surface area (Å²) in [5.74, 6) is 1.00. The number of aliphatic hydroxyl groups excluding tert-OH is 1. The van der Waals surface area contributed by atoms with Crippen LogP contribution in [0.3, 0.4) is 0 Å². The Balaban J connectivity index is 1.52. The number of aromatic nitrogens is 1. The maximum Gasteiger partial charge on any atom is 0.263 e. The van der Waals surface area contributed by atoms with Gasteiger partial charge in [0.1, 0.15) is 12.4 Å². The van der Waals surface area contributed by atoms with Crippen LogP contribution in [0.2, 0.25) is 0 Å². The number of nitrogens with zero attached hydrogens (tertiary/aromatic N) is 3. The van der Waals surface area contributed by atoms with Crippen LogP contribution in [0, 0.1) is 11.3 Å². The largest absolute Gasteiger partial charge is 0.481 e. The van der Waals surface area contributed by atoms with Gasteiger partial charge in [0.15, 0.2) is 11.9 Å². The minimum absolute atomic E-state index is 0.0958. The molecule has 1 aromatic carbocycles. The molecule has 1 atom stereocenters. The second-order valence-electron chi connectivity index (χ2n) is 5.71. The summed E-state index contributed by atoms with van der Waals surface area (Å²) in [6.07, 6.45) is -0.607. The van der Waals surface area contributed by atoms with E-state index in [4.69, 9.17) is 19.6 Å². The first-order valence-electron chi connectivity index (χ1n) is 7.62. The third kappa shape index (κ3) is 3.24. The van der Waals surface area contributed by atoms with Crippen LogP contribution in [-0.2, 0) is 11.4 Å². The van der Waals surface area contributed by atoms with E-state index < -0.39 is 6.10 Å². The van der Waals surface area contributed by atoms with E-state index >= 15 is 0 Å². The Hall–Kier alpha value is -2.85. The van der Waals surface area contributed by atoms with Gasteiger partial charge >= 0.3 is 0 Å². The van der Waals surface area contributed by atoms with Gasteiger partial charge in [-0.2, -0.15) is 5.26 Å². The van der Waals surface area contributed by atoms with Crippen LogP contribution in [0.25, 0.3) is 0 Å². The number of aliphatic hydroxyl groups is 1. The Morgan fingerprint density at radius 3 is 2.79 bits per heavy atom. The predicted octanol–water partition coefficient (Wildman–Crippen LogP) is 1.43. The van der Waals surface area contributed by atoms with Crippen molar-refractivity contribution in [3.8, 4) is 11.8 Å². The van der Waals surface area contributed by atoms with E-state index in [2.05, 4.69) is 5.16 Å². The molecule has 124 valence electrons. The van der Waals surface area contributed by atoms with Crippen LogP contribution in [-0.4, -0.2) is 40.3 Å². The molecule has 0 aliphatic carbocycles. The highest BCUT2D eigenvalue weighted by Crippen LogP contribution is 2.27. The molecule has 24 heavy (non-hydrogen) atoms. The molecule has 1 amide bonds. The molecule has 1 saturated heterocycles. The quantitative estimate of drug-likeness (QED) is 0.892. The summed E-state index contributed by atoms with van der Waals surface area (Å²) in [5.41, 5.74) is 1.30. The summed E-state index contributed by atoms with van der Waals surface area (Å²) in [4.78, 5) is 14.1. The number of hydrogen-bond donors (Lipinski definition) is 1. The molecule has 0 spiro atoms. The number of benzene rings is 1. The standard InChI is InChI=1S/C17H17N3O4/c1-11(23-14-4-2-12(7-18)3-5-14)17(22)20-8-13(9-20)16-6-15(10-21)24-19-16/h2-6,11,13,21H,8-10H2,1H3. The Kier molecular flexibility index (Phi) is 4.49. The Bertz CT molecular complexity index is 757. The Labute approximate surface area is 139 Å². The lowest BCUT2D eigenvalue weighted by Gasteiger charge is -2.39. The van der Waals surface area contributed by atoms with Gasteiger partial charge in [0.25, 0.3) is 5.91 Å². The van der Waals surface area contributed by atoms with Crippen LogP contribution in [0.15, 0.2) is 34.9 Å². The highest BCUT2D eigenvalue weighted by atomic mass is 16.5. The minimum atomic E-state index is -0.607. The SMILES string of the molecule is CC(Oc1ccc(C#N)cc1)C(=O)N1CC(c2cc(CO)on2)C1. The van der Waals surface area contributed by atoms with E-state index in [1.807, 2.05) is 6.07 Å². The molecule has 2 aromatic rings. The van der Waals surface area contributed by atoms with Crippen molar-refractivity contribution in [1.82, 2.24) is 10.1 Å².